The van der Waals surface area contributed by atoms with Crippen LogP contribution >= 0.6 is 0 Å². The van der Waals surface area contributed by atoms with E-state index in [1.54, 1.807) is 0 Å². The number of hydrogen-bond acceptors (Lipinski definition) is 2. The second kappa shape index (κ2) is 7.09. The largest absolute Gasteiger partial charge is 0.396 e. The maximum atomic E-state index is 10.9. The highest BCUT2D eigenvalue weighted by Gasteiger charge is 2.68. The van der Waals surface area contributed by atoms with E-state index in [-0.39, 0.29) is 23.5 Å². The third-order valence-electron chi connectivity index (χ3n) is 13.5. The van der Waals surface area contributed by atoms with Crippen molar-refractivity contribution in [1.82, 2.24) is 0 Å². The molecular weight excluding hydrogens is 392 g/mol. The molecule has 5 rings (SSSR count). The number of fused-ring (bicyclic) bond motifs is 7. The summed E-state index contributed by atoms with van der Waals surface area (Å²) in [5.41, 5.74) is 2.81. The summed E-state index contributed by atoms with van der Waals surface area (Å²) in [6, 6.07) is 0. The molecule has 0 saturated heterocycles. The molecule has 4 saturated carbocycles. The second-order valence-corrected chi connectivity index (χ2v) is 14.5. The topological polar surface area (TPSA) is 40.5 Å². The minimum absolute atomic E-state index is 0.117. The first-order chi connectivity index (χ1) is 14.9. The molecule has 0 spiro atoms. The zero-order chi connectivity index (χ0) is 23.3. The third-order valence-corrected chi connectivity index (χ3v) is 13.5. The molecule has 4 fully saturated rings. The zero-order valence-electron chi connectivity index (χ0n) is 22.0. The van der Waals surface area contributed by atoms with Crippen molar-refractivity contribution in [3.05, 3.63) is 11.6 Å². The molecule has 0 aliphatic heterocycles. The predicted molar refractivity (Wildman–Crippen MR) is 132 cm³/mol. The van der Waals surface area contributed by atoms with E-state index in [9.17, 15) is 10.2 Å². The quantitative estimate of drug-likeness (QED) is 0.429. The average molecular weight is 443 g/mol. The monoisotopic (exact) mass is 442 g/mol. The fourth-order valence-corrected chi connectivity index (χ4v) is 10.9. The fourth-order valence-electron chi connectivity index (χ4n) is 10.9. The number of rotatable bonds is 1. The first kappa shape index (κ1) is 23.4. The van der Waals surface area contributed by atoms with Crippen LogP contribution in [0.25, 0.3) is 0 Å². The SMILES string of the molecule is C[C@H]1[C@H](C)CC[C@]2(C)CC[C@]3(C)C(=CC[C@H]4[C@@]5(C)CC[C@@H](O)[C@](C)(CO)[C@H]5CC[C@]43C)[C@H]12. The maximum absolute atomic E-state index is 10.9. The van der Waals surface area contributed by atoms with Crippen LogP contribution < -0.4 is 0 Å². The second-order valence-electron chi connectivity index (χ2n) is 14.5. The van der Waals surface area contributed by atoms with E-state index in [4.69, 9.17) is 0 Å². The van der Waals surface area contributed by atoms with Crippen molar-refractivity contribution in [1.29, 1.82) is 0 Å². The molecule has 0 radical (unpaired) electrons. The summed E-state index contributed by atoms with van der Waals surface area (Å²) in [6.07, 6.45) is 13.5. The summed E-state index contributed by atoms with van der Waals surface area (Å²) in [6.45, 7) is 17.8. The lowest BCUT2D eigenvalue weighted by Gasteiger charge is -2.71. The maximum Gasteiger partial charge on any atom is 0.0618 e. The first-order valence-corrected chi connectivity index (χ1v) is 13.9. The predicted octanol–water partition coefficient (Wildman–Crippen LogP) is 7.00. The number of aliphatic hydroxyl groups excluding tert-OH is 2. The Labute approximate surface area is 197 Å². The van der Waals surface area contributed by atoms with Gasteiger partial charge in [0.1, 0.15) is 0 Å². The van der Waals surface area contributed by atoms with E-state index in [0.29, 0.717) is 28.1 Å². The van der Waals surface area contributed by atoms with Crippen LogP contribution in [0, 0.1) is 56.7 Å². The van der Waals surface area contributed by atoms with Crippen LogP contribution in [-0.2, 0) is 0 Å². The Hall–Kier alpha value is -0.340. The number of hydrogen-bond donors (Lipinski definition) is 2. The Morgan fingerprint density at radius 2 is 1.59 bits per heavy atom. The Bertz CT molecular complexity index is 803. The van der Waals surface area contributed by atoms with Crippen molar-refractivity contribution in [3.8, 4) is 0 Å². The van der Waals surface area contributed by atoms with E-state index in [0.717, 1.165) is 37.0 Å². The molecule has 0 unspecified atom stereocenters. The molecule has 0 aromatic carbocycles. The van der Waals surface area contributed by atoms with E-state index < -0.39 is 0 Å². The van der Waals surface area contributed by atoms with Crippen LogP contribution in [-0.4, -0.2) is 22.9 Å². The van der Waals surface area contributed by atoms with Gasteiger partial charge in [-0.05, 0) is 109 Å². The molecule has 11 atom stereocenters. The van der Waals surface area contributed by atoms with Crippen LogP contribution in [0.1, 0.15) is 106 Å². The van der Waals surface area contributed by atoms with Gasteiger partial charge in [-0.15, -0.1) is 0 Å². The Morgan fingerprint density at radius 1 is 0.875 bits per heavy atom. The molecule has 182 valence electrons. The average Bonchev–Trinajstić information content (AvgIpc) is 2.75. The molecule has 0 amide bonds. The highest BCUT2D eigenvalue weighted by atomic mass is 16.3. The van der Waals surface area contributed by atoms with Crippen LogP contribution in [0.2, 0.25) is 0 Å². The van der Waals surface area contributed by atoms with Gasteiger partial charge in [-0.25, -0.2) is 0 Å². The van der Waals surface area contributed by atoms with Gasteiger partial charge in [0.2, 0.25) is 0 Å². The van der Waals surface area contributed by atoms with E-state index in [1.165, 1.54) is 38.5 Å². The van der Waals surface area contributed by atoms with E-state index in [2.05, 4.69) is 54.5 Å². The van der Waals surface area contributed by atoms with Gasteiger partial charge in [0, 0.05) is 5.41 Å². The molecule has 32 heavy (non-hydrogen) atoms. The highest BCUT2D eigenvalue weighted by Crippen LogP contribution is 2.75. The minimum atomic E-state index is -0.361. The number of aliphatic hydroxyl groups is 2. The van der Waals surface area contributed by atoms with Crippen LogP contribution in [0.15, 0.2) is 11.6 Å². The van der Waals surface area contributed by atoms with Crippen LogP contribution in [0.5, 0.6) is 0 Å². The van der Waals surface area contributed by atoms with Gasteiger partial charge in [-0.2, -0.15) is 0 Å². The molecular formula is C30H50O2. The molecule has 2 heteroatoms. The highest BCUT2D eigenvalue weighted by molar-refractivity contribution is 5.33. The zero-order valence-corrected chi connectivity index (χ0v) is 22.0. The van der Waals surface area contributed by atoms with Crippen LogP contribution in [0.4, 0.5) is 0 Å². The smallest absolute Gasteiger partial charge is 0.0618 e. The van der Waals surface area contributed by atoms with E-state index in [1.807, 2.05) is 5.57 Å². The lowest BCUT2D eigenvalue weighted by Crippen LogP contribution is -2.65. The summed E-state index contributed by atoms with van der Waals surface area (Å²) >= 11 is 0. The first-order valence-electron chi connectivity index (χ1n) is 13.9. The normalized spacial score (nSPS) is 59.8. The van der Waals surface area contributed by atoms with Gasteiger partial charge < -0.3 is 10.2 Å². The Balaban J connectivity index is 1.59. The van der Waals surface area contributed by atoms with Gasteiger partial charge in [-0.1, -0.05) is 60.1 Å². The summed E-state index contributed by atoms with van der Waals surface area (Å²) in [5.74, 6) is 3.45. The molecule has 0 heterocycles. The molecule has 2 N–H and O–H groups in total. The Kier molecular flexibility index (Phi) is 5.19. The van der Waals surface area contributed by atoms with Crippen molar-refractivity contribution in [2.75, 3.05) is 6.61 Å². The van der Waals surface area contributed by atoms with Gasteiger partial charge in [0.25, 0.3) is 0 Å². The molecule has 5 aliphatic rings. The summed E-state index contributed by atoms with van der Waals surface area (Å²) in [5, 5.41) is 21.3. The third kappa shape index (κ3) is 2.66. The van der Waals surface area contributed by atoms with Crippen LogP contribution in [0.3, 0.4) is 0 Å². The molecule has 5 aliphatic carbocycles. The van der Waals surface area contributed by atoms with Gasteiger partial charge in [-0.3, -0.25) is 0 Å². The summed E-state index contributed by atoms with van der Waals surface area (Å²) in [7, 11) is 0. The Morgan fingerprint density at radius 3 is 2.28 bits per heavy atom. The summed E-state index contributed by atoms with van der Waals surface area (Å²) in [4.78, 5) is 0. The molecule has 0 bridgehead atoms. The van der Waals surface area contributed by atoms with Gasteiger partial charge in [0.05, 0.1) is 12.7 Å². The van der Waals surface area contributed by atoms with Crippen molar-refractivity contribution < 1.29 is 10.2 Å². The lowest BCUT2D eigenvalue weighted by molar-refractivity contribution is -0.215. The van der Waals surface area contributed by atoms with Crippen molar-refractivity contribution in [2.24, 2.45) is 56.7 Å². The number of allylic oxidation sites excluding steroid dienone is 2. The van der Waals surface area contributed by atoms with Gasteiger partial charge >= 0.3 is 0 Å². The van der Waals surface area contributed by atoms with E-state index >= 15 is 0 Å². The van der Waals surface area contributed by atoms with Crippen molar-refractivity contribution in [2.45, 2.75) is 112 Å². The standard InChI is InChI=1S/C30H50O2/c1-19-10-13-26(3)16-17-29(6)21(25(26)20(19)2)8-9-23-27(4)14-12-24(32)28(5,18-31)22(27)11-15-30(23,29)7/h8,19-20,22-25,31-32H,9-18H2,1-7H3/t19-,20+,22+,23+,24-,25+,26-,27+,28-,29-,30-/m1/s1. The lowest BCUT2D eigenvalue weighted by atomic mass is 9.33. The fraction of sp³-hybridized carbons (Fsp3) is 0.933. The van der Waals surface area contributed by atoms with Crippen molar-refractivity contribution >= 4 is 0 Å². The summed E-state index contributed by atoms with van der Waals surface area (Å²) < 4.78 is 0. The molecule has 2 nitrogen and oxygen atoms in total. The van der Waals surface area contributed by atoms with Gasteiger partial charge in [0.15, 0.2) is 0 Å². The molecule has 0 aromatic heterocycles. The van der Waals surface area contributed by atoms with Crippen molar-refractivity contribution in [3.63, 3.8) is 0 Å². The minimum Gasteiger partial charge on any atom is -0.396 e. The molecule has 0 aromatic rings.